The minimum Gasteiger partial charge on any atom is -0.327 e. The molecular weight excluding hydrogens is 174 g/mol. The molecule has 0 atom stereocenters. The van der Waals surface area contributed by atoms with Crippen LogP contribution in [0.4, 0.5) is 0 Å². The lowest BCUT2D eigenvalue weighted by atomic mass is 10.2. The summed E-state index contributed by atoms with van der Waals surface area (Å²) in [7, 11) is 0. The molecular formula is C11H15N3. The third-order valence-corrected chi connectivity index (χ3v) is 2.44. The van der Waals surface area contributed by atoms with Gasteiger partial charge in [-0.05, 0) is 25.0 Å². The van der Waals surface area contributed by atoms with Gasteiger partial charge in [0.15, 0.2) is 5.65 Å². The normalized spacial score (nSPS) is 11.1. The molecule has 0 fully saturated rings. The van der Waals surface area contributed by atoms with Crippen molar-refractivity contribution in [1.29, 1.82) is 0 Å². The van der Waals surface area contributed by atoms with Gasteiger partial charge in [0, 0.05) is 12.1 Å². The van der Waals surface area contributed by atoms with Crippen LogP contribution in [0.3, 0.4) is 0 Å². The highest BCUT2D eigenvalue weighted by atomic mass is 15.0. The molecule has 2 aromatic rings. The highest BCUT2D eigenvalue weighted by Crippen LogP contribution is 2.15. The van der Waals surface area contributed by atoms with Crippen molar-refractivity contribution in [3.8, 4) is 0 Å². The molecule has 0 amide bonds. The van der Waals surface area contributed by atoms with E-state index in [0.29, 0.717) is 0 Å². The molecule has 0 aliphatic heterocycles. The largest absolute Gasteiger partial charge is 0.327 e. The van der Waals surface area contributed by atoms with Crippen molar-refractivity contribution in [2.75, 3.05) is 0 Å². The second-order valence-corrected chi connectivity index (χ2v) is 3.52. The first-order valence-corrected chi connectivity index (χ1v) is 5.09. The van der Waals surface area contributed by atoms with Crippen molar-refractivity contribution >= 4 is 11.2 Å². The van der Waals surface area contributed by atoms with Crippen LogP contribution >= 0.6 is 0 Å². The van der Waals surface area contributed by atoms with Crippen molar-refractivity contribution in [3.63, 3.8) is 0 Å². The summed E-state index contributed by atoms with van der Waals surface area (Å²) in [6.45, 7) is 6.29. The standard InChI is InChI=1S/C11H15N3/c1-4-8-6-7(3)10-11(12-8)14-9(5-2)13-10/h6H,4-5H2,1-3H3,(H,12,13,14). The number of H-pyrrole nitrogens is 1. The summed E-state index contributed by atoms with van der Waals surface area (Å²) in [4.78, 5) is 12.2. The molecule has 2 heterocycles. The fraction of sp³-hybridized carbons (Fsp3) is 0.455. The third kappa shape index (κ3) is 1.39. The molecule has 3 nitrogen and oxygen atoms in total. The number of imidazole rings is 1. The van der Waals surface area contributed by atoms with Crippen molar-refractivity contribution in [2.24, 2.45) is 0 Å². The summed E-state index contributed by atoms with van der Waals surface area (Å²) < 4.78 is 0. The number of rotatable bonds is 2. The summed E-state index contributed by atoms with van der Waals surface area (Å²) in [5.41, 5.74) is 4.28. The predicted octanol–water partition coefficient (Wildman–Crippen LogP) is 2.39. The number of nitrogens with zero attached hydrogens (tertiary/aromatic N) is 2. The maximum Gasteiger partial charge on any atom is 0.157 e. The molecule has 0 bridgehead atoms. The van der Waals surface area contributed by atoms with E-state index in [1.807, 2.05) is 0 Å². The van der Waals surface area contributed by atoms with Crippen LogP contribution in [-0.2, 0) is 12.8 Å². The Balaban J connectivity index is 2.67. The van der Waals surface area contributed by atoms with Crippen molar-refractivity contribution in [2.45, 2.75) is 33.6 Å². The van der Waals surface area contributed by atoms with Crippen LogP contribution in [0.25, 0.3) is 11.2 Å². The molecule has 2 aromatic heterocycles. The molecule has 0 saturated carbocycles. The van der Waals surface area contributed by atoms with E-state index in [4.69, 9.17) is 0 Å². The minimum absolute atomic E-state index is 0.928. The Kier molecular flexibility index (Phi) is 2.23. The molecule has 14 heavy (non-hydrogen) atoms. The Morgan fingerprint density at radius 2 is 2.00 bits per heavy atom. The van der Waals surface area contributed by atoms with Crippen LogP contribution in [0, 0.1) is 6.92 Å². The van der Waals surface area contributed by atoms with Gasteiger partial charge < -0.3 is 4.98 Å². The van der Waals surface area contributed by atoms with Crippen LogP contribution in [0.5, 0.6) is 0 Å². The summed E-state index contributed by atoms with van der Waals surface area (Å²) in [5, 5.41) is 0. The van der Waals surface area contributed by atoms with Gasteiger partial charge >= 0.3 is 0 Å². The summed E-state index contributed by atoms with van der Waals surface area (Å²) >= 11 is 0. The first-order chi connectivity index (χ1) is 6.74. The third-order valence-electron chi connectivity index (χ3n) is 2.44. The van der Waals surface area contributed by atoms with Gasteiger partial charge in [-0.15, -0.1) is 0 Å². The van der Waals surface area contributed by atoms with E-state index in [1.54, 1.807) is 0 Å². The van der Waals surface area contributed by atoms with Crippen LogP contribution in [-0.4, -0.2) is 15.0 Å². The van der Waals surface area contributed by atoms with Crippen molar-refractivity contribution in [3.05, 3.63) is 23.1 Å². The smallest absolute Gasteiger partial charge is 0.157 e. The van der Waals surface area contributed by atoms with E-state index in [9.17, 15) is 0 Å². The van der Waals surface area contributed by atoms with E-state index in [2.05, 4.69) is 41.8 Å². The first-order valence-electron chi connectivity index (χ1n) is 5.09. The molecule has 0 saturated heterocycles. The van der Waals surface area contributed by atoms with Crippen LogP contribution in [0.15, 0.2) is 6.07 Å². The Hall–Kier alpha value is -1.38. The molecule has 0 aromatic carbocycles. The average molecular weight is 189 g/mol. The van der Waals surface area contributed by atoms with Gasteiger partial charge in [0.05, 0.1) is 0 Å². The van der Waals surface area contributed by atoms with E-state index in [-0.39, 0.29) is 0 Å². The lowest BCUT2D eigenvalue weighted by Crippen LogP contribution is -1.89. The van der Waals surface area contributed by atoms with E-state index >= 15 is 0 Å². The fourth-order valence-corrected chi connectivity index (χ4v) is 1.61. The average Bonchev–Trinajstić information content (AvgIpc) is 2.61. The molecule has 3 heteroatoms. The Morgan fingerprint density at radius 1 is 1.21 bits per heavy atom. The zero-order chi connectivity index (χ0) is 10.1. The highest BCUT2D eigenvalue weighted by molar-refractivity contribution is 5.74. The van der Waals surface area contributed by atoms with Crippen LogP contribution in [0.2, 0.25) is 0 Å². The van der Waals surface area contributed by atoms with Crippen LogP contribution < -0.4 is 0 Å². The van der Waals surface area contributed by atoms with Gasteiger partial charge in [0.1, 0.15) is 11.3 Å². The van der Waals surface area contributed by atoms with Gasteiger partial charge in [-0.25, -0.2) is 9.97 Å². The van der Waals surface area contributed by atoms with Gasteiger partial charge in [-0.3, -0.25) is 0 Å². The number of aromatic amines is 1. The Labute approximate surface area is 83.6 Å². The zero-order valence-corrected chi connectivity index (χ0v) is 8.89. The molecule has 2 rings (SSSR count). The summed E-state index contributed by atoms with van der Waals surface area (Å²) in [6, 6.07) is 2.11. The molecule has 1 N–H and O–H groups in total. The molecule has 0 radical (unpaired) electrons. The Bertz CT molecular complexity index is 457. The number of aromatic nitrogens is 3. The monoisotopic (exact) mass is 189 g/mol. The second-order valence-electron chi connectivity index (χ2n) is 3.52. The Morgan fingerprint density at radius 3 is 2.64 bits per heavy atom. The highest BCUT2D eigenvalue weighted by Gasteiger charge is 2.06. The molecule has 0 unspecified atom stereocenters. The SMILES string of the molecule is CCc1cc(C)c2nc(CC)[nH]c2n1. The predicted molar refractivity (Wildman–Crippen MR) is 57.4 cm³/mol. The van der Waals surface area contributed by atoms with Gasteiger partial charge in [-0.1, -0.05) is 13.8 Å². The number of hydrogen-bond acceptors (Lipinski definition) is 2. The van der Waals surface area contributed by atoms with Crippen LogP contribution in [0.1, 0.15) is 30.9 Å². The number of hydrogen-bond donors (Lipinski definition) is 1. The number of fused-ring (bicyclic) bond motifs is 1. The van der Waals surface area contributed by atoms with E-state index < -0.39 is 0 Å². The lowest BCUT2D eigenvalue weighted by molar-refractivity contribution is 0.993. The molecule has 74 valence electrons. The van der Waals surface area contributed by atoms with Gasteiger partial charge in [-0.2, -0.15) is 0 Å². The number of nitrogens with one attached hydrogen (secondary N) is 1. The van der Waals surface area contributed by atoms with E-state index in [1.165, 1.54) is 5.56 Å². The minimum atomic E-state index is 0.928. The van der Waals surface area contributed by atoms with E-state index in [0.717, 1.165) is 35.5 Å². The lowest BCUT2D eigenvalue weighted by Gasteiger charge is -1.98. The maximum absolute atomic E-state index is 4.51. The van der Waals surface area contributed by atoms with Crippen molar-refractivity contribution in [1.82, 2.24) is 15.0 Å². The quantitative estimate of drug-likeness (QED) is 0.788. The van der Waals surface area contributed by atoms with Gasteiger partial charge in [0.25, 0.3) is 0 Å². The fourth-order valence-electron chi connectivity index (χ4n) is 1.61. The maximum atomic E-state index is 4.51. The topological polar surface area (TPSA) is 41.6 Å². The molecule has 0 aliphatic rings. The number of aryl methyl sites for hydroxylation is 3. The molecule has 0 aliphatic carbocycles. The van der Waals surface area contributed by atoms with Crippen molar-refractivity contribution < 1.29 is 0 Å². The zero-order valence-electron chi connectivity index (χ0n) is 8.89. The molecule has 0 spiro atoms. The second kappa shape index (κ2) is 3.40. The summed E-state index contributed by atoms with van der Waals surface area (Å²) in [5.74, 6) is 1.02. The first kappa shape index (κ1) is 9.19. The number of pyridine rings is 1. The summed E-state index contributed by atoms with van der Waals surface area (Å²) in [6.07, 6.45) is 1.90. The van der Waals surface area contributed by atoms with Gasteiger partial charge in [0.2, 0.25) is 0 Å².